The van der Waals surface area contributed by atoms with E-state index in [9.17, 15) is 0 Å². The molecule has 0 unspecified atom stereocenters. The van der Waals surface area contributed by atoms with Crippen molar-refractivity contribution in [3.8, 4) is 37.0 Å². The standard InChI is InChI=1S/C16H8/c1-4-12-11-13(5-2)15-9-7-8-10-16(15)14(12)6-3/h1-3,7-11H. The van der Waals surface area contributed by atoms with Crippen LogP contribution >= 0.6 is 0 Å². The second kappa shape index (κ2) is 3.86. The molecule has 72 valence electrons. The van der Waals surface area contributed by atoms with Crippen LogP contribution in [-0.2, 0) is 0 Å². The second-order valence-electron chi connectivity index (χ2n) is 3.33. The van der Waals surface area contributed by atoms with Gasteiger partial charge in [0.1, 0.15) is 0 Å². The number of fused-ring (bicyclic) bond motifs is 1. The van der Waals surface area contributed by atoms with E-state index in [2.05, 4.69) is 17.8 Å². The van der Waals surface area contributed by atoms with Crippen LogP contribution in [0.2, 0.25) is 0 Å². The fourth-order valence-corrected chi connectivity index (χ4v) is 1.76. The summed E-state index contributed by atoms with van der Waals surface area (Å²) in [5.41, 5.74) is 2.19. The highest BCUT2D eigenvalue weighted by atomic mass is 14.1. The van der Waals surface area contributed by atoms with Gasteiger partial charge in [0.2, 0.25) is 0 Å². The number of terminal acetylenes is 3. The van der Waals surface area contributed by atoms with E-state index < -0.39 is 0 Å². The lowest BCUT2D eigenvalue weighted by Crippen LogP contribution is -1.90. The molecule has 0 saturated carbocycles. The molecule has 0 amide bonds. The predicted octanol–water partition coefficient (Wildman–Crippen LogP) is 2.78. The average Bonchev–Trinajstić information content (AvgIpc) is 2.36. The summed E-state index contributed by atoms with van der Waals surface area (Å²) in [5, 5.41) is 1.91. The van der Waals surface area contributed by atoms with Crippen molar-refractivity contribution in [1.29, 1.82) is 0 Å². The number of hydrogen-bond donors (Lipinski definition) is 0. The van der Waals surface area contributed by atoms with E-state index >= 15 is 0 Å². The van der Waals surface area contributed by atoms with E-state index in [-0.39, 0.29) is 0 Å². The molecule has 0 heterocycles. The van der Waals surface area contributed by atoms with Gasteiger partial charge in [0, 0.05) is 16.7 Å². The lowest BCUT2D eigenvalue weighted by molar-refractivity contribution is 1.62. The Morgan fingerprint density at radius 3 is 1.94 bits per heavy atom. The first-order chi connectivity index (χ1) is 7.81. The van der Waals surface area contributed by atoms with Crippen LogP contribution in [0.25, 0.3) is 10.8 Å². The summed E-state index contributed by atoms with van der Waals surface area (Å²) in [6, 6.07) is 9.53. The largest absolute Gasteiger partial charge is 0.115 e. The van der Waals surface area contributed by atoms with Gasteiger partial charge in [-0.25, -0.2) is 0 Å². The predicted molar refractivity (Wildman–Crippen MR) is 67.8 cm³/mol. The number of benzene rings is 2. The second-order valence-corrected chi connectivity index (χ2v) is 3.33. The molecule has 16 heavy (non-hydrogen) atoms. The van der Waals surface area contributed by atoms with Gasteiger partial charge in [-0.15, -0.1) is 19.3 Å². The van der Waals surface area contributed by atoms with Gasteiger partial charge < -0.3 is 0 Å². The summed E-state index contributed by atoms with van der Waals surface area (Å²) in [5.74, 6) is 7.84. The summed E-state index contributed by atoms with van der Waals surface area (Å²) < 4.78 is 0. The molecule has 0 spiro atoms. The first-order valence-corrected chi connectivity index (χ1v) is 4.77. The lowest BCUT2D eigenvalue weighted by Gasteiger charge is -2.06. The highest BCUT2D eigenvalue weighted by molar-refractivity contribution is 5.94. The third kappa shape index (κ3) is 1.33. The minimum Gasteiger partial charge on any atom is -0.115 e. The first-order valence-electron chi connectivity index (χ1n) is 4.77. The van der Waals surface area contributed by atoms with E-state index in [0.717, 1.165) is 21.9 Å². The lowest BCUT2D eigenvalue weighted by atomic mass is 9.95. The van der Waals surface area contributed by atoms with E-state index in [0.29, 0.717) is 5.56 Å². The Bertz CT molecular complexity index is 683. The van der Waals surface area contributed by atoms with Crippen LogP contribution in [0.1, 0.15) is 16.7 Å². The molecule has 0 aliphatic rings. The Morgan fingerprint density at radius 1 is 0.750 bits per heavy atom. The molecule has 0 heteroatoms. The van der Waals surface area contributed by atoms with Crippen molar-refractivity contribution >= 4 is 10.8 Å². The summed E-state index contributed by atoms with van der Waals surface area (Å²) in [6.45, 7) is 0. The quantitative estimate of drug-likeness (QED) is 0.574. The van der Waals surface area contributed by atoms with Crippen LogP contribution < -0.4 is 0 Å². The minimum absolute atomic E-state index is 0.675. The minimum atomic E-state index is 0.675. The van der Waals surface area contributed by atoms with E-state index in [1.54, 1.807) is 6.07 Å². The van der Waals surface area contributed by atoms with Crippen molar-refractivity contribution in [3.63, 3.8) is 0 Å². The van der Waals surface area contributed by atoms with Crippen LogP contribution in [0.4, 0.5) is 0 Å². The molecule has 0 bridgehead atoms. The zero-order valence-corrected chi connectivity index (χ0v) is 8.62. The third-order valence-electron chi connectivity index (χ3n) is 2.50. The van der Waals surface area contributed by atoms with Crippen molar-refractivity contribution in [3.05, 3.63) is 47.0 Å². The third-order valence-corrected chi connectivity index (χ3v) is 2.50. The maximum Gasteiger partial charge on any atom is 0.0478 e. The summed E-state index contributed by atoms with van der Waals surface area (Å²) in [4.78, 5) is 0. The smallest absolute Gasteiger partial charge is 0.0478 e. The van der Waals surface area contributed by atoms with Crippen molar-refractivity contribution in [2.45, 2.75) is 0 Å². The molecule has 0 aliphatic carbocycles. The van der Waals surface area contributed by atoms with E-state index in [4.69, 9.17) is 19.3 Å². The van der Waals surface area contributed by atoms with Gasteiger partial charge in [-0.3, -0.25) is 0 Å². The van der Waals surface area contributed by atoms with Crippen LogP contribution in [0.15, 0.2) is 30.3 Å². The molecule has 2 rings (SSSR count). The number of hydrogen-bond acceptors (Lipinski definition) is 0. The molecule has 0 radical (unpaired) electrons. The van der Waals surface area contributed by atoms with Crippen LogP contribution in [0.3, 0.4) is 0 Å². The average molecular weight is 200 g/mol. The van der Waals surface area contributed by atoms with Gasteiger partial charge in [0.05, 0.1) is 0 Å². The molecule has 0 atom stereocenters. The fraction of sp³-hybridized carbons (Fsp3) is 0. The first kappa shape index (κ1) is 9.92. The van der Waals surface area contributed by atoms with Crippen molar-refractivity contribution in [1.82, 2.24) is 0 Å². The normalized spacial score (nSPS) is 9.06. The molecule has 0 aliphatic heterocycles. The van der Waals surface area contributed by atoms with Crippen molar-refractivity contribution in [2.75, 3.05) is 0 Å². The van der Waals surface area contributed by atoms with Gasteiger partial charge in [-0.05, 0) is 16.8 Å². The van der Waals surface area contributed by atoms with Crippen LogP contribution in [0.5, 0.6) is 0 Å². The Labute approximate surface area is 95.3 Å². The summed E-state index contributed by atoms with van der Waals surface area (Å²) in [7, 11) is 0. The maximum atomic E-state index is 5.49. The molecule has 0 nitrogen and oxygen atoms in total. The molecule has 2 aromatic rings. The van der Waals surface area contributed by atoms with Crippen LogP contribution in [-0.4, -0.2) is 0 Å². The maximum absolute atomic E-state index is 5.49. The Kier molecular flexibility index (Phi) is 2.39. The van der Waals surface area contributed by atoms with Gasteiger partial charge in [0.15, 0.2) is 0 Å². The van der Waals surface area contributed by atoms with Crippen molar-refractivity contribution in [2.24, 2.45) is 0 Å². The van der Waals surface area contributed by atoms with Crippen LogP contribution in [0, 0.1) is 37.0 Å². The van der Waals surface area contributed by atoms with Crippen molar-refractivity contribution < 1.29 is 0 Å². The van der Waals surface area contributed by atoms with Gasteiger partial charge in [-0.2, -0.15) is 0 Å². The Balaban J connectivity index is 3.05. The Hall–Kier alpha value is -2.62. The topological polar surface area (TPSA) is 0 Å². The van der Waals surface area contributed by atoms with E-state index in [1.165, 1.54) is 0 Å². The molecule has 2 aromatic carbocycles. The molecule has 0 saturated heterocycles. The zero-order valence-electron chi connectivity index (χ0n) is 8.62. The number of rotatable bonds is 0. The molecule has 0 aromatic heterocycles. The highest BCUT2D eigenvalue weighted by Gasteiger charge is 2.07. The molecule has 0 fully saturated rings. The monoisotopic (exact) mass is 200 g/mol. The highest BCUT2D eigenvalue weighted by Crippen LogP contribution is 2.25. The van der Waals surface area contributed by atoms with E-state index in [1.807, 2.05) is 24.3 Å². The van der Waals surface area contributed by atoms with Gasteiger partial charge in [-0.1, -0.05) is 42.0 Å². The fourth-order valence-electron chi connectivity index (χ4n) is 1.76. The van der Waals surface area contributed by atoms with Gasteiger partial charge in [0.25, 0.3) is 0 Å². The molecular weight excluding hydrogens is 192 g/mol. The molecular formula is C16H8. The summed E-state index contributed by atoms with van der Waals surface area (Å²) >= 11 is 0. The Morgan fingerprint density at radius 2 is 1.38 bits per heavy atom. The molecule has 0 N–H and O–H groups in total. The van der Waals surface area contributed by atoms with Gasteiger partial charge >= 0.3 is 0 Å². The summed E-state index contributed by atoms with van der Waals surface area (Å²) in [6.07, 6.45) is 16.4. The SMILES string of the molecule is C#Cc1cc(C#C)c2ccccc2c1C#C. The zero-order chi connectivity index (χ0) is 11.5.